The Kier molecular flexibility index (Phi) is 1.85. The largest absolute Gasteiger partial charge is 0.465 e. The molecule has 9 aliphatic rings. The number of ether oxygens (including phenoxy) is 2. The highest BCUT2D eigenvalue weighted by Gasteiger charge is 2.99. The molecule has 3 spiro atoms. The van der Waals surface area contributed by atoms with Crippen LogP contribution in [-0.2, 0) is 19.1 Å². The Morgan fingerprint density at radius 1 is 0.929 bits per heavy atom. The molecule has 14 unspecified atom stereocenters. The van der Waals surface area contributed by atoms with Crippen molar-refractivity contribution in [2.45, 2.75) is 33.6 Å². The van der Waals surface area contributed by atoms with E-state index in [-0.39, 0.29) is 34.1 Å². The van der Waals surface area contributed by atoms with Crippen molar-refractivity contribution in [1.82, 2.24) is 0 Å². The van der Waals surface area contributed by atoms with E-state index in [9.17, 15) is 9.59 Å². The molecule has 14 atom stereocenters. The van der Waals surface area contributed by atoms with Crippen LogP contribution >= 0.6 is 0 Å². The summed E-state index contributed by atoms with van der Waals surface area (Å²) in [5.41, 5.74) is -0.0647. The summed E-state index contributed by atoms with van der Waals surface area (Å²) in [6.07, 6.45) is 2.48. The maximum Gasteiger partial charge on any atom is 0.313 e. The van der Waals surface area contributed by atoms with E-state index in [0.29, 0.717) is 60.1 Å². The summed E-state index contributed by atoms with van der Waals surface area (Å²) in [6, 6.07) is 0. The lowest BCUT2D eigenvalue weighted by Crippen LogP contribution is -2.91. The Balaban J connectivity index is 1.25. The number of cyclic esters (lactones) is 2. The maximum atomic E-state index is 13.3. The van der Waals surface area contributed by atoms with Crippen LogP contribution in [0.15, 0.2) is 0 Å². The third kappa shape index (κ3) is 0.916. The second-order valence-corrected chi connectivity index (χ2v) is 13.1. The monoisotopic (exact) mass is 380 g/mol. The van der Waals surface area contributed by atoms with Crippen LogP contribution in [0.2, 0.25) is 0 Å². The number of hydrogen-bond acceptors (Lipinski definition) is 4. The van der Waals surface area contributed by atoms with Crippen molar-refractivity contribution < 1.29 is 19.1 Å². The number of hydrogen-bond donors (Lipinski definition) is 0. The van der Waals surface area contributed by atoms with Crippen LogP contribution in [0.4, 0.5) is 0 Å². The lowest BCUT2D eigenvalue weighted by atomic mass is 9.11. The van der Waals surface area contributed by atoms with Crippen LogP contribution in [0, 0.1) is 86.8 Å². The van der Waals surface area contributed by atoms with E-state index in [0.717, 1.165) is 24.2 Å². The average Bonchev–Trinajstić information content (AvgIpc) is 3.03. The molecule has 7 saturated carbocycles. The number of esters is 2. The van der Waals surface area contributed by atoms with Gasteiger partial charge in [-0.1, -0.05) is 20.8 Å². The molecule has 4 heteroatoms. The fourth-order valence-electron chi connectivity index (χ4n) is 13.0. The van der Waals surface area contributed by atoms with Crippen molar-refractivity contribution in [2.24, 2.45) is 86.8 Å². The average molecular weight is 380 g/mol. The van der Waals surface area contributed by atoms with Gasteiger partial charge in [0.15, 0.2) is 0 Å². The van der Waals surface area contributed by atoms with Gasteiger partial charge in [-0.25, -0.2) is 0 Å². The molecule has 0 radical (unpaired) electrons. The summed E-state index contributed by atoms with van der Waals surface area (Å²) >= 11 is 0. The molecule has 7 aliphatic carbocycles. The second-order valence-electron chi connectivity index (χ2n) is 13.1. The van der Waals surface area contributed by atoms with Gasteiger partial charge in [-0.05, 0) is 77.4 Å². The molecule has 2 heterocycles. The van der Waals surface area contributed by atoms with Crippen LogP contribution in [0.1, 0.15) is 33.6 Å². The summed E-state index contributed by atoms with van der Waals surface area (Å²) < 4.78 is 11.7. The van der Waals surface area contributed by atoms with E-state index >= 15 is 0 Å². The third-order valence-corrected chi connectivity index (χ3v) is 12.8. The Bertz CT molecular complexity index is 939. The summed E-state index contributed by atoms with van der Waals surface area (Å²) in [7, 11) is 0. The zero-order valence-corrected chi connectivity index (χ0v) is 16.8. The molecule has 0 aromatic heterocycles. The zero-order valence-electron chi connectivity index (χ0n) is 16.8. The molecule has 4 nitrogen and oxygen atoms in total. The van der Waals surface area contributed by atoms with Gasteiger partial charge >= 0.3 is 11.9 Å². The van der Waals surface area contributed by atoms with Gasteiger partial charge in [0.1, 0.15) is 0 Å². The van der Waals surface area contributed by atoms with Crippen molar-refractivity contribution >= 4 is 11.9 Å². The van der Waals surface area contributed by atoms with Gasteiger partial charge in [-0.2, -0.15) is 0 Å². The lowest BCUT2D eigenvalue weighted by molar-refractivity contribution is -0.441. The Morgan fingerprint density at radius 2 is 1.75 bits per heavy atom. The molecule has 2 aliphatic heterocycles. The van der Waals surface area contributed by atoms with Crippen LogP contribution in [0.5, 0.6) is 0 Å². The molecule has 0 aromatic rings. The molecule has 0 aromatic carbocycles. The van der Waals surface area contributed by atoms with Crippen LogP contribution in [0.3, 0.4) is 0 Å². The predicted octanol–water partition coefficient (Wildman–Crippen LogP) is 2.76. The molecule has 28 heavy (non-hydrogen) atoms. The summed E-state index contributed by atoms with van der Waals surface area (Å²) in [5, 5.41) is 0. The molecule has 9 rings (SSSR count). The van der Waals surface area contributed by atoms with Crippen LogP contribution in [-0.4, -0.2) is 25.2 Å². The summed E-state index contributed by atoms with van der Waals surface area (Å²) in [6.45, 7) is 8.47. The van der Waals surface area contributed by atoms with Crippen LogP contribution < -0.4 is 0 Å². The first kappa shape index (κ1) is 14.8. The highest BCUT2D eigenvalue weighted by atomic mass is 16.5. The smallest absolute Gasteiger partial charge is 0.313 e. The second kappa shape index (κ2) is 3.50. The van der Waals surface area contributed by atoms with Crippen molar-refractivity contribution in [2.75, 3.05) is 13.2 Å². The van der Waals surface area contributed by atoms with Gasteiger partial charge in [-0.3, -0.25) is 9.59 Å². The number of carbonyl (C=O) groups is 2. The number of carbonyl (C=O) groups excluding carboxylic acids is 2. The fraction of sp³-hybridized carbons (Fsp3) is 0.917. The summed E-state index contributed by atoms with van der Waals surface area (Å²) in [5.74, 6) is 6.80. The topological polar surface area (TPSA) is 52.6 Å². The van der Waals surface area contributed by atoms with Gasteiger partial charge < -0.3 is 9.47 Å². The molecule has 2 saturated heterocycles. The van der Waals surface area contributed by atoms with Crippen molar-refractivity contribution in [3.8, 4) is 0 Å². The van der Waals surface area contributed by atoms with E-state index < -0.39 is 0 Å². The minimum absolute atomic E-state index is 0.0870. The molecule has 148 valence electrons. The van der Waals surface area contributed by atoms with Gasteiger partial charge in [0, 0.05) is 11.3 Å². The third-order valence-electron chi connectivity index (χ3n) is 12.8. The minimum Gasteiger partial charge on any atom is -0.465 e. The Morgan fingerprint density at radius 3 is 2.54 bits per heavy atom. The highest BCUT2D eigenvalue weighted by Crippen LogP contribution is 2.97. The van der Waals surface area contributed by atoms with E-state index in [2.05, 4.69) is 20.8 Å². The molecule has 0 bridgehead atoms. The first-order valence-corrected chi connectivity index (χ1v) is 11.7. The molecular weight excluding hydrogens is 352 g/mol. The van der Waals surface area contributed by atoms with E-state index in [1.807, 2.05) is 0 Å². The van der Waals surface area contributed by atoms with Gasteiger partial charge in [0.2, 0.25) is 0 Å². The normalized spacial score (nSPS) is 74.0. The van der Waals surface area contributed by atoms with E-state index in [1.54, 1.807) is 0 Å². The van der Waals surface area contributed by atoms with E-state index in [4.69, 9.17) is 9.47 Å². The quantitative estimate of drug-likeness (QED) is 0.607. The zero-order chi connectivity index (χ0) is 18.7. The standard InChI is InChI=1S/C24H28O4/c1-8-12-16(24-17(12)18-21(2,3)6-22(18,24)7-28-20(24)26)11-5-27-19(25)23(11)14(8)13-9-4-10(9)15(13)23/h8-18H,4-7H2,1-3H3. The SMILES string of the molecule is CC1C2C(C3COC(=O)C34C1C1C3CC3C14)C13C(=O)OCC14CC(C)(C)C4C23. The summed E-state index contributed by atoms with van der Waals surface area (Å²) in [4.78, 5) is 26.6. The predicted molar refractivity (Wildman–Crippen MR) is 96.3 cm³/mol. The molecule has 0 N–H and O–H groups in total. The Labute approximate surface area is 165 Å². The van der Waals surface area contributed by atoms with Crippen molar-refractivity contribution in [3.63, 3.8) is 0 Å². The maximum absolute atomic E-state index is 13.3. The molecule has 9 fully saturated rings. The van der Waals surface area contributed by atoms with Crippen molar-refractivity contribution in [1.29, 1.82) is 0 Å². The highest BCUT2D eigenvalue weighted by molar-refractivity contribution is 5.88. The number of fused-ring (bicyclic) bond motifs is 9. The molecular formula is C24H28O4. The fourth-order valence-corrected chi connectivity index (χ4v) is 13.0. The first-order chi connectivity index (χ1) is 13.3. The first-order valence-electron chi connectivity index (χ1n) is 11.7. The van der Waals surface area contributed by atoms with Gasteiger partial charge in [0.05, 0.1) is 24.0 Å². The van der Waals surface area contributed by atoms with E-state index in [1.165, 1.54) is 6.42 Å². The Hall–Kier alpha value is -1.06. The lowest BCUT2D eigenvalue weighted by Gasteiger charge is -2.90. The molecule has 0 amide bonds. The minimum atomic E-state index is -0.263. The van der Waals surface area contributed by atoms with Gasteiger partial charge in [0.25, 0.3) is 0 Å². The van der Waals surface area contributed by atoms with Crippen molar-refractivity contribution in [3.05, 3.63) is 0 Å². The van der Waals surface area contributed by atoms with Gasteiger partial charge in [-0.15, -0.1) is 0 Å². The number of rotatable bonds is 0. The van der Waals surface area contributed by atoms with Crippen LogP contribution in [0.25, 0.3) is 0 Å².